The van der Waals surface area contributed by atoms with E-state index in [1.807, 2.05) is 12.1 Å². The van der Waals surface area contributed by atoms with Crippen LogP contribution in [0.4, 0.5) is 5.82 Å². The van der Waals surface area contributed by atoms with E-state index in [0.29, 0.717) is 12.5 Å². The Hall–Kier alpha value is -3.13. The summed E-state index contributed by atoms with van der Waals surface area (Å²) in [5, 5.41) is 4.62. The second-order valence-corrected chi connectivity index (χ2v) is 8.52. The van der Waals surface area contributed by atoms with Crippen molar-refractivity contribution in [2.45, 2.75) is 32.4 Å². The molecule has 0 aliphatic carbocycles. The first kappa shape index (κ1) is 19.8. The number of hydrogen-bond donors (Lipinski definition) is 0. The third-order valence-corrected chi connectivity index (χ3v) is 6.36. The molecule has 8 nitrogen and oxygen atoms in total. The molecule has 31 heavy (non-hydrogen) atoms. The van der Waals surface area contributed by atoms with Crippen LogP contribution in [-0.2, 0) is 19.5 Å². The van der Waals surface area contributed by atoms with Gasteiger partial charge in [-0.15, -0.1) is 0 Å². The third-order valence-electron chi connectivity index (χ3n) is 6.36. The van der Waals surface area contributed by atoms with E-state index >= 15 is 0 Å². The van der Waals surface area contributed by atoms with E-state index in [0.717, 1.165) is 62.5 Å². The Morgan fingerprint density at radius 2 is 1.84 bits per heavy atom. The minimum Gasteiger partial charge on any atom is -0.356 e. The number of pyridine rings is 1. The summed E-state index contributed by atoms with van der Waals surface area (Å²) in [6.45, 7) is 4.49. The highest BCUT2D eigenvalue weighted by Gasteiger charge is 2.26. The van der Waals surface area contributed by atoms with E-state index < -0.39 is 0 Å². The predicted octanol–water partition coefficient (Wildman–Crippen LogP) is 2.00. The molecule has 0 N–H and O–H groups in total. The highest BCUT2D eigenvalue weighted by atomic mass is 16.1. The molecule has 0 unspecified atom stereocenters. The number of nitrogens with zero attached hydrogens (tertiary/aromatic N) is 7. The number of likely N-dealkylation sites (N-methyl/N-ethyl adjacent to an activating group) is 1. The summed E-state index contributed by atoms with van der Waals surface area (Å²) in [7, 11) is 2.15. The van der Waals surface area contributed by atoms with Crippen LogP contribution >= 0.6 is 0 Å². The van der Waals surface area contributed by atoms with Gasteiger partial charge in [0.25, 0.3) is 5.56 Å². The predicted molar refractivity (Wildman–Crippen MR) is 119 cm³/mol. The fourth-order valence-electron chi connectivity index (χ4n) is 4.56. The Kier molecular flexibility index (Phi) is 5.46. The van der Waals surface area contributed by atoms with Crippen LogP contribution in [0.2, 0.25) is 0 Å². The molecule has 3 aromatic rings. The van der Waals surface area contributed by atoms with E-state index in [4.69, 9.17) is 0 Å². The van der Waals surface area contributed by atoms with Crippen LogP contribution in [0.15, 0.2) is 47.8 Å². The lowest BCUT2D eigenvalue weighted by Crippen LogP contribution is -2.39. The summed E-state index contributed by atoms with van der Waals surface area (Å²) in [6.07, 6.45) is 8.21. The van der Waals surface area contributed by atoms with Crippen LogP contribution in [-0.4, -0.2) is 56.3 Å². The fraction of sp³-hybridized carbons (Fsp3) is 0.435. The topological polar surface area (TPSA) is 80.0 Å². The number of piperidine rings is 1. The van der Waals surface area contributed by atoms with Gasteiger partial charge >= 0.3 is 0 Å². The number of anilines is 1. The van der Waals surface area contributed by atoms with Gasteiger partial charge in [-0.2, -0.15) is 5.10 Å². The van der Waals surface area contributed by atoms with Crippen molar-refractivity contribution < 1.29 is 0 Å². The summed E-state index contributed by atoms with van der Waals surface area (Å²) in [4.78, 5) is 30.3. The molecule has 3 aromatic heterocycles. The number of hydrogen-bond acceptors (Lipinski definition) is 7. The van der Waals surface area contributed by atoms with Gasteiger partial charge in [0.15, 0.2) is 0 Å². The fourth-order valence-corrected chi connectivity index (χ4v) is 4.56. The van der Waals surface area contributed by atoms with Crippen molar-refractivity contribution in [3.63, 3.8) is 0 Å². The lowest BCUT2D eigenvalue weighted by molar-refractivity contribution is 0.306. The Morgan fingerprint density at radius 3 is 2.65 bits per heavy atom. The maximum atomic E-state index is 12.4. The maximum Gasteiger partial charge on any atom is 0.266 e. The van der Waals surface area contributed by atoms with Crippen LogP contribution in [0.3, 0.4) is 0 Å². The van der Waals surface area contributed by atoms with Crippen LogP contribution < -0.4 is 10.5 Å². The van der Waals surface area contributed by atoms with Gasteiger partial charge < -0.3 is 9.80 Å². The van der Waals surface area contributed by atoms with Crippen molar-refractivity contribution in [3.05, 3.63) is 64.6 Å². The summed E-state index contributed by atoms with van der Waals surface area (Å²) in [5.41, 5.74) is 4.19. The van der Waals surface area contributed by atoms with E-state index in [1.54, 1.807) is 35.5 Å². The zero-order chi connectivity index (χ0) is 21.2. The van der Waals surface area contributed by atoms with Gasteiger partial charge in [0.2, 0.25) is 0 Å². The minimum atomic E-state index is -0.0480. The van der Waals surface area contributed by atoms with Gasteiger partial charge in [-0.1, -0.05) is 0 Å². The molecule has 0 spiro atoms. The monoisotopic (exact) mass is 417 g/mol. The molecule has 5 rings (SSSR count). The average Bonchev–Trinajstić information content (AvgIpc) is 2.81. The smallest absolute Gasteiger partial charge is 0.266 e. The zero-order valence-electron chi connectivity index (χ0n) is 17.8. The summed E-state index contributed by atoms with van der Waals surface area (Å²) in [5.74, 6) is 1.51. The molecule has 1 fully saturated rings. The van der Waals surface area contributed by atoms with E-state index in [2.05, 4.69) is 36.9 Å². The zero-order valence-corrected chi connectivity index (χ0v) is 17.8. The van der Waals surface area contributed by atoms with E-state index in [1.165, 1.54) is 11.3 Å². The molecule has 0 aromatic carbocycles. The minimum absolute atomic E-state index is 0.0480. The third kappa shape index (κ3) is 4.20. The van der Waals surface area contributed by atoms with Gasteiger partial charge in [0.1, 0.15) is 12.1 Å². The van der Waals surface area contributed by atoms with Gasteiger partial charge in [-0.3, -0.25) is 9.78 Å². The standard InChI is InChI=1S/C23H27N7O/c1-28-11-8-21-19(15-28)23(26-16-25-21)29-12-6-17(7-13-29)14-30-22(31)3-2-20(27-30)18-4-9-24-10-5-18/h2-5,9-10,16-17H,6-8,11-15H2,1H3. The molecule has 1 saturated heterocycles. The van der Waals surface area contributed by atoms with Crippen molar-refractivity contribution >= 4 is 5.82 Å². The number of fused-ring (bicyclic) bond motifs is 1. The molecule has 5 heterocycles. The maximum absolute atomic E-state index is 12.4. The first-order valence-corrected chi connectivity index (χ1v) is 10.9. The molecular weight excluding hydrogens is 390 g/mol. The van der Waals surface area contributed by atoms with Crippen LogP contribution in [0.1, 0.15) is 24.1 Å². The van der Waals surface area contributed by atoms with Crippen molar-refractivity contribution in [2.75, 3.05) is 31.6 Å². The van der Waals surface area contributed by atoms with Crippen molar-refractivity contribution in [1.82, 2.24) is 29.6 Å². The molecule has 0 radical (unpaired) electrons. The first-order valence-electron chi connectivity index (χ1n) is 10.9. The normalized spacial score (nSPS) is 17.5. The van der Waals surface area contributed by atoms with Gasteiger partial charge in [-0.25, -0.2) is 14.6 Å². The molecule has 0 saturated carbocycles. The molecule has 2 aliphatic heterocycles. The Balaban J connectivity index is 1.28. The van der Waals surface area contributed by atoms with Crippen molar-refractivity contribution in [3.8, 4) is 11.3 Å². The Bertz CT molecular complexity index is 1110. The largest absolute Gasteiger partial charge is 0.356 e. The quantitative estimate of drug-likeness (QED) is 0.642. The van der Waals surface area contributed by atoms with Gasteiger partial charge in [-0.05, 0) is 44.0 Å². The van der Waals surface area contributed by atoms with Crippen molar-refractivity contribution in [2.24, 2.45) is 5.92 Å². The Labute approximate surface area is 181 Å². The summed E-state index contributed by atoms with van der Waals surface area (Å²) in [6, 6.07) is 7.22. The second kappa shape index (κ2) is 8.55. The van der Waals surface area contributed by atoms with Crippen LogP contribution in [0.25, 0.3) is 11.3 Å². The molecule has 0 bridgehead atoms. The highest BCUT2D eigenvalue weighted by Crippen LogP contribution is 2.29. The molecular formula is C23H27N7O. The molecule has 0 atom stereocenters. The SMILES string of the molecule is CN1CCc2ncnc(N3CCC(Cn4nc(-c5ccncc5)ccc4=O)CC3)c2C1. The van der Waals surface area contributed by atoms with E-state index in [9.17, 15) is 4.79 Å². The average molecular weight is 418 g/mol. The number of aromatic nitrogens is 5. The number of rotatable bonds is 4. The molecule has 0 amide bonds. The van der Waals surface area contributed by atoms with Crippen LogP contribution in [0, 0.1) is 5.92 Å². The van der Waals surface area contributed by atoms with Gasteiger partial charge in [0.05, 0.1) is 11.4 Å². The second-order valence-electron chi connectivity index (χ2n) is 8.52. The highest BCUT2D eigenvalue weighted by molar-refractivity contribution is 5.57. The van der Waals surface area contributed by atoms with Crippen molar-refractivity contribution in [1.29, 1.82) is 0 Å². The lowest BCUT2D eigenvalue weighted by atomic mass is 9.96. The first-order chi connectivity index (χ1) is 15.2. The molecule has 160 valence electrons. The summed E-state index contributed by atoms with van der Waals surface area (Å²) >= 11 is 0. The lowest BCUT2D eigenvalue weighted by Gasteiger charge is -2.35. The summed E-state index contributed by atoms with van der Waals surface area (Å²) < 4.78 is 1.62. The Morgan fingerprint density at radius 1 is 1.03 bits per heavy atom. The van der Waals surface area contributed by atoms with E-state index in [-0.39, 0.29) is 5.56 Å². The van der Waals surface area contributed by atoms with Gasteiger partial charge in [0, 0.05) is 68.7 Å². The molecule has 2 aliphatic rings. The molecule has 8 heteroatoms. The van der Waals surface area contributed by atoms with Crippen LogP contribution in [0.5, 0.6) is 0 Å².